The van der Waals surface area contributed by atoms with Crippen LogP contribution in [0.15, 0.2) is 47.5 Å². The molecule has 2 saturated heterocycles. The number of pyridine rings is 1. The van der Waals surface area contributed by atoms with E-state index in [2.05, 4.69) is 15.2 Å². The molecule has 1 atom stereocenters. The van der Waals surface area contributed by atoms with Gasteiger partial charge in [-0.25, -0.2) is 17.8 Å². The van der Waals surface area contributed by atoms with Gasteiger partial charge in [-0.2, -0.15) is 4.31 Å². The number of anilines is 1. The lowest BCUT2D eigenvalue weighted by molar-refractivity contribution is -0.126. The summed E-state index contributed by atoms with van der Waals surface area (Å²) in [6.07, 6.45) is 5.39. The molecule has 1 aromatic carbocycles. The number of rotatable bonds is 6. The number of piperidine rings is 1. The lowest BCUT2D eigenvalue weighted by Gasteiger charge is -2.31. The largest absolute Gasteiger partial charge is 0.357 e. The van der Waals surface area contributed by atoms with E-state index < -0.39 is 21.8 Å². The molecule has 3 heterocycles. The van der Waals surface area contributed by atoms with Gasteiger partial charge in [0.2, 0.25) is 15.9 Å². The fourth-order valence-corrected chi connectivity index (χ4v) is 5.64. The predicted octanol–water partition coefficient (Wildman–Crippen LogP) is 2.54. The van der Waals surface area contributed by atoms with Gasteiger partial charge in [-0.05, 0) is 61.6 Å². The summed E-state index contributed by atoms with van der Waals surface area (Å²) >= 11 is 0. The minimum atomic E-state index is -3.75. The predicted molar refractivity (Wildman–Crippen MR) is 115 cm³/mol. The highest BCUT2D eigenvalue weighted by Crippen LogP contribution is 2.24. The Morgan fingerprint density at radius 1 is 1.06 bits per heavy atom. The van der Waals surface area contributed by atoms with E-state index in [1.54, 1.807) is 6.20 Å². The van der Waals surface area contributed by atoms with E-state index in [9.17, 15) is 17.6 Å². The number of hydrogen-bond acceptors (Lipinski definition) is 5. The molecule has 2 aliphatic heterocycles. The first-order chi connectivity index (χ1) is 14.9. The Bertz CT molecular complexity index is 1010. The number of aromatic nitrogens is 1. The van der Waals surface area contributed by atoms with Gasteiger partial charge in [0.25, 0.3) is 0 Å². The minimum Gasteiger partial charge on any atom is -0.357 e. The summed E-state index contributed by atoms with van der Waals surface area (Å²) < 4.78 is 40.2. The van der Waals surface area contributed by atoms with E-state index in [1.807, 2.05) is 12.1 Å². The maximum Gasteiger partial charge on any atom is 0.243 e. The SMILES string of the molecule is O=C(NCc1ccc(N2CCCC2)nc1)[C@@H]1CCCN(S(=O)(=O)c2ccc(F)cc2)C1. The van der Waals surface area contributed by atoms with Crippen LogP contribution in [-0.2, 0) is 21.4 Å². The lowest BCUT2D eigenvalue weighted by Crippen LogP contribution is -2.45. The normalized spacial score (nSPS) is 20.0. The molecule has 0 radical (unpaired) electrons. The Balaban J connectivity index is 1.34. The van der Waals surface area contributed by atoms with Crippen molar-refractivity contribution >= 4 is 21.7 Å². The van der Waals surface area contributed by atoms with Crippen LogP contribution in [-0.4, -0.2) is 49.8 Å². The van der Waals surface area contributed by atoms with Gasteiger partial charge in [0.05, 0.1) is 10.8 Å². The van der Waals surface area contributed by atoms with Crippen LogP contribution in [0.2, 0.25) is 0 Å². The molecule has 2 aromatic rings. The maximum atomic E-state index is 13.1. The van der Waals surface area contributed by atoms with E-state index in [1.165, 1.54) is 29.3 Å². The average Bonchev–Trinajstić information content (AvgIpc) is 3.33. The highest BCUT2D eigenvalue weighted by molar-refractivity contribution is 7.89. The van der Waals surface area contributed by atoms with Crippen LogP contribution in [0.3, 0.4) is 0 Å². The molecule has 0 bridgehead atoms. The van der Waals surface area contributed by atoms with E-state index >= 15 is 0 Å². The zero-order valence-electron chi connectivity index (χ0n) is 17.3. The van der Waals surface area contributed by atoms with Gasteiger partial charge in [0.1, 0.15) is 11.6 Å². The van der Waals surface area contributed by atoms with Crippen molar-refractivity contribution in [3.8, 4) is 0 Å². The Hall–Kier alpha value is -2.52. The van der Waals surface area contributed by atoms with Crippen LogP contribution in [0.25, 0.3) is 0 Å². The molecule has 2 fully saturated rings. The number of carbonyl (C=O) groups excluding carboxylic acids is 1. The monoisotopic (exact) mass is 446 g/mol. The van der Waals surface area contributed by atoms with Crippen LogP contribution >= 0.6 is 0 Å². The van der Waals surface area contributed by atoms with Gasteiger partial charge in [-0.3, -0.25) is 4.79 Å². The molecule has 4 rings (SSSR count). The van der Waals surface area contributed by atoms with E-state index in [0.29, 0.717) is 25.9 Å². The molecule has 1 amide bonds. The summed E-state index contributed by atoms with van der Waals surface area (Å²) in [4.78, 5) is 19.5. The first kappa shape index (κ1) is 21.7. The molecular formula is C22H27FN4O3S. The van der Waals surface area contributed by atoms with E-state index in [0.717, 1.165) is 36.6 Å². The minimum absolute atomic E-state index is 0.0409. The first-order valence-corrected chi connectivity index (χ1v) is 12.1. The molecule has 1 aromatic heterocycles. The topological polar surface area (TPSA) is 82.6 Å². The molecule has 9 heteroatoms. The number of amides is 1. The summed E-state index contributed by atoms with van der Waals surface area (Å²) in [7, 11) is -3.75. The Morgan fingerprint density at radius 3 is 2.48 bits per heavy atom. The molecular weight excluding hydrogens is 419 g/mol. The van der Waals surface area contributed by atoms with E-state index in [-0.39, 0.29) is 17.3 Å². The van der Waals surface area contributed by atoms with Crippen molar-refractivity contribution in [1.29, 1.82) is 0 Å². The summed E-state index contributed by atoms with van der Waals surface area (Å²) in [5.74, 6) is -0.109. The number of benzene rings is 1. The van der Waals surface area contributed by atoms with Crippen LogP contribution in [0, 0.1) is 11.7 Å². The number of carbonyl (C=O) groups is 1. The molecule has 0 saturated carbocycles. The van der Waals surface area contributed by atoms with Crippen molar-refractivity contribution in [2.45, 2.75) is 37.1 Å². The third-order valence-electron chi connectivity index (χ3n) is 5.91. The van der Waals surface area contributed by atoms with Crippen molar-refractivity contribution in [1.82, 2.24) is 14.6 Å². The zero-order valence-corrected chi connectivity index (χ0v) is 18.2. The standard InChI is InChI=1S/C22H27FN4O3S/c23-19-6-8-20(9-7-19)31(29,30)27-13-3-4-18(16-27)22(28)25-15-17-5-10-21(24-14-17)26-11-1-2-12-26/h5-10,14,18H,1-4,11-13,15-16H2,(H,25,28)/t18-/m1/s1. The Kier molecular flexibility index (Phi) is 6.52. The van der Waals surface area contributed by atoms with Crippen LogP contribution in [0.4, 0.5) is 10.2 Å². The van der Waals surface area contributed by atoms with Gasteiger partial charge in [0.15, 0.2) is 0 Å². The van der Waals surface area contributed by atoms with Gasteiger partial charge in [-0.1, -0.05) is 6.07 Å². The number of nitrogens with zero attached hydrogens (tertiary/aromatic N) is 3. The fraction of sp³-hybridized carbons (Fsp3) is 0.455. The third-order valence-corrected chi connectivity index (χ3v) is 7.79. The second-order valence-electron chi connectivity index (χ2n) is 8.09. The van der Waals surface area contributed by atoms with Crippen molar-refractivity contribution in [3.05, 3.63) is 54.0 Å². The molecule has 0 spiro atoms. The average molecular weight is 447 g/mol. The van der Waals surface area contributed by atoms with Gasteiger partial charge < -0.3 is 10.2 Å². The summed E-state index contributed by atoms with van der Waals surface area (Å²) in [6, 6.07) is 8.71. The van der Waals surface area contributed by atoms with Crippen molar-refractivity contribution < 1.29 is 17.6 Å². The highest BCUT2D eigenvalue weighted by atomic mass is 32.2. The summed E-state index contributed by atoms with van der Waals surface area (Å²) in [5, 5.41) is 2.91. The van der Waals surface area contributed by atoms with Crippen molar-refractivity contribution in [2.75, 3.05) is 31.1 Å². The van der Waals surface area contributed by atoms with Crippen molar-refractivity contribution in [3.63, 3.8) is 0 Å². The Labute approximate surface area is 182 Å². The van der Waals surface area contributed by atoms with Crippen molar-refractivity contribution in [2.24, 2.45) is 5.92 Å². The van der Waals surface area contributed by atoms with Gasteiger partial charge in [-0.15, -0.1) is 0 Å². The number of nitrogens with one attached hydrogen (secondary N) is 1. The van der Waals surface area contributed by atoms with E-state index in [4.69, 9.17) is 0 Å². The van der Waals surface area contributed by atoms with Crippen LogP contribution < -0.4 is 10.2 Å². The molecule has 1 N–H and O–H groups in total. The first-order valence-electron chi connectivity index (χ1n) is 10.7. The molecule has 0 aliphatic carbocycles. The smallest absolute Gasteiger partial charge is 0.243 e. The van der Waals surface area contributed by atoms with Gasteiger partial charge in [0, 0.05) is 38.9 Å². The van der Waals surface area contributed by atoms with Crippen LogP contribution in [0.1, 0.15) is 31.2 Å². The number of sulfonamides is 1. The molecule has 2 aliphatic rings. The zero-order chi connectivity index (χ0) is 21.8. The van der Waals surface area contributed by atoms with Gasteiger partial charge >= 0.3 is 0 Å². The Morgan fingerprint density at radius 2 is 1.81 bits per heavy atom. The van der Waals surface area contributed by atoms with Crippen LogP contribution in [0.5, 0.6) is 0 Å². The maximum absolute atomic E-state index is 13.1. The third kappa shape index (κ3) is 5.04. The fourth-order valence-electron chi connectivity index (χ4n) is 4.12. The highest BCUT2D eigenvalue weighted by Gasteiger charge is 2.33. The quantitative estimate of drug-likeness (QED) is 0.737. The molecule has 0 unspecified atom stereocenters. The molecule has 166 valence electrons. The molecule has 31 heavy (non-hydrogen) atoms. The second kappa shape index (κ2) is 9.32. The number of hydrogen-bond donors (Lipinski definition) is 1. The second-order valence-corrected chi connectivity index (χ2v) is 10.0. The summed E-state index contributed by atoms with van der Waals surface area (Å²) in [6.45, 7) is 2.89. The summed E-state index contributed by atoms with van der Waals surface area (Å²) in [5.41, 5.74) is 0.905. The lowest BCUT2D eigenvalue weighted by atomic mass is 9.99. The number of halogens is 1. The molecule has 7 nitrogen and oxygen atoms in total.